The first kappa shape index (κ1) is 84.2. The number of carbonyl (C=O) groups is 2. The molecule has 0 radical (unpaired) electrons. The van der Waals surface area contributed by atoms with Crippen molar-refractivity contribution in [1.82, 2.24) is 10.6 Å². The van der Waals surface area contributed by atoms with Gasteiger partial charge in [-0.2, -0.15) is 0 Å². The number of hydrogen-bond acceptors (Lipinski definition) is 22. The molecule has 0 aliphatic carbocycles. The number of aliphatic hydroxyl groups is 12. The van der Waals surface area contributed by atoms with Crippen LogP contribution in [0.15, 0.2) is 94.7 Å². The SMILES string of the molecule is C.CCCC[C@@]1(CC)CS(=O)(=O)c2ccc(N(C)C)cc2[C@H](c2cccc(NC(=O)CCCCNC[C@H](O)[C@@H](O)[C@H](O)[C@H](O)CO)c2)[C@@H]1O.CCCC[C@]1(CC)CS(=O)(=O)c2ccc(N(C)C)cc2[C@@H](c2cccc(NC(=O)CCCCNC[C@H](O)[C@@H](O)[C@H](O)[C@H](O)CO)c2)[C@H]1O. The molecule has 2 aliphatic heterocycles. The van der Waals surface area contributed by atoms with E-state index in [1.165, 1.54) is 0 Å². The highest BCUT2D eigenvalue weighted by molar-refractivity contribution is 7.91. The van der Waals surface area contributed by atoms with Crippen molar-refractivity contribution in [3.63, 3.8) is 0 Å². The number of fused-ring (bicyclic) bond motifs is 2. The average Bonchev–Trinajstić information content (AvgIpc) is 1.47. The monoisotopic (exact) mass is 1400 g/mol. The van der Waals surface area contributed by atoms with Crippen molar-refractivity contribution in [2.24, 2.45) is 10.8 Å². The molecular weight excluding hydrogens is 1290 g/mol. The van der Waals surface area contributed by atoms with Crippen LogP contribution in [0.25, 0.3) is 0 Å². The Labute approximate surface area is 575 Å². The fraction of sp³-hybridized carbons (Fsp3) is 0.634. The molecule has 0 spiro atoms. The molecule has 2 heterocycles. The average molecular weight is 1400 g/mol. The Morgan fingerprint density at radius 3 is 1.18 bits per heavy atom. The number of rotatable bonds is 36. The van der Waals surface area contributed by atoms with E-state index >= 15 is 0 Å². The van der Waals surface area contributed by atoms with Crippen molar-refractivity contribution in [3.05, 3.63) is 107 Å². The molecule has 16 N–H and O–H groups in total. The maximum Gasteiger partial charge on any atom is 0.224 e. The second-order valence-electron chi connectivity index (χ2n) is 26.5. The lowest BCUT2D eigenvalue weighted by molar-refractivity contribution is -0.117. The van der Waals surface area contributed by atoms with E-state index in [1.54, 1.807) is 48.5 Å². The van der Waals surface area contributed by atoms with Crippen LogP contribution in [0.3, 0.4) is 0 Å². The molecule has 0 saturated heterocycles. The molecule has 4 aromatic rings. The van der Waals surface area contributed by atoms with E-state index in [-0.39, 0.29) is 66.5 Å². The number of anilines is 4. The second kappa shape index (κ2) is 39.1. The Morgan fingerprint density at radius 1 is 0.505 bits per heavy atom. The van der Waals surface area contributed by atoms with Gasteiger partial charge in [-0.25, -0.2) is 16.8 Å². The van der Waals surface area contributed by atoms with Crippen molar-refractivity contribution in [3.8, 4) is 0 Å². The van der Waals surface area contributed by atoms with Crippen LogP contribution in [0.2, 0.25) is 0 Å². The number of nitrogens with zero attached hydrogens (tertiary/aromatic N) is 2. The van der Waals surface area contributed by atoms with Gasteiger partial charge < -0.3 is 92.3 Å². The number of hydrogen-bond donors (Lipinski definition) is 16. The van der Waals surface area contributed by atoms with E-state index in [2.05, 4.69) is 35.1 Å². The predicted molar refractivity (Wildman–Crippen MR) is 378 cm³/mol. The quantitative estimate of drug-likeness (QED) is 0.0284. The molecule has 6 rings (SSSR count). The van der Waals surface area contributed by atoms with Crippen LogP contribution < -0.4 is 31.1 Å². The molecule has 548 valence electrons. The maximum atomic E-state index is 13.9. The Balaban J connectivity index is 0.000000408. The fourth-order valence-corrected chi connectivity index (χ4v) is 17.5. The molecule has 0 unspecified atom stereocenters. The van der Waals surface area contributed by atoms with Gasteiger partial charge in [0.25, 0.3) is 0 Å². The summed E-state index contributed by atoms with van der Waals surface area (Å²) in [6.45, 7) is 7.24. The van der Waals surface area contributed by atoms with Crippen LogP contribution in [0.1, 0.15) is 159 Å². The van der Waals surface area contributed by atoms with Crippen molar-refractivity contribution in [2.45, 2.75) is 208 Å². The number of unbranched alkanes of at least 4 members (excludes halogenated alkanes) is 4. The van der Waals surface area contributed by atoms with Crippen LogP contribution in [0, 0.1) is 10.8 Å². The minimum atomic E-state index is -3.72. The number of amides is 2. The van der Waals surface area contributed by atoms with Gasteiger partial charge in [-0.3, -0.25) is 9.59 Å². The van der Waals surface area contributed by atoms with Gasteiger partial charge in [-0.15, -0.1) is 0 Å². The molecule has 2 aliphatic rings. The van der Waals surface area contributed by atoms with Crippen LogP contribution in [-0.4, -0.2) is 230 Å². The fourth-order valence-electron chi connectivity index (χ4n) is 13.0. The number of sulfone groups is 2. The number of carbonyl (C=O) groups excluding carboxylic acids is 2. The standard InChI is InChI=1S/2C35H55N3O9S.CH4/c2*1-5-7-16-35(6-2)22-48(46,47)29-15-14-25(38(3)4)19-26(29)31(34(35)45)23-11-10-12-24(18-23)37-30(42)13-8-9-17-36-20-27(40)32(43)33(44)28(41)21-39;/h2*10-12,14-15,18-19,27-28,31-34,36,39-41,43-45H,5-9,13,16-17,20-22H2,1-4H3,(H,37,42);1H4/t27-,28+,31+,32+,33+,34+,35+;27-,28+,31-,32+,33+,34-,35-;/m00./s1. The zero-order chi connectivity index (χ0) is 71.3. The van der Waals surface area contributed by atoms with E-state index in [1.807, 2.05) is 88.2 Å². The zero-order valence-corrected chi connectivity index (χ0v) is 58.7. The summed E-state index contributed by atoms with van der Waals surface area (Å²) in [6.07, 6.45) is -6.33. The number of nitrogens with one attached hydrogen (secondary N) is 4. The molecule has 0 bridgehead atoms. The first-order valence-corrected chi connectivity index (χ1v) is 37.0. The van der Waals surface area contributed by atoms with Crippen LogP contribution in [-0.2, 0) is 29.3 Å². The molecule has 97 heavy (non-hydrogen) atoms. The lowest BCUT2D eigenvalue weighted by Crippen LogP contribution is -2.49. The van der Waals surface area contributed by atoms with Gasteiger partial charge in [0.05, 0.1) is 58.9 Å². The minimum Gasteiger partial charge on any atom is -0.394 e. The minimum absolute atomic E-state index is 0. The van der Waals surface area contributed by atoms with E-state index in [9.17, 15) is 77.5 Å². The zero-order valence-electron chi connectivity index (χ0n) is 57.1. The summed E-state index contributed by atoms with van der Waals surface area (Å²) in [5.41, 5.74) is 3.55. The van der Waals surface area contributed by atoms with E-state index in [4.69, 9.17) is 10.2 Å². The molecule has 0 fully saturated rings. The third-order valence-corrected chi connectivity index (χ3v) is 23.1. The predicted octanol–water partition coefficient (Wildman–Crippen LogP) is 4.14. The molecule has 2 amide bonds. The van der Waals surface area contributed by atoms with Crippen molar-refractivity contribution in [1.29, 1.82) is 0 Å². The van der Waals surface area contributed by atoms with Gasteiger partial charge in [0, 0.05) is 99.5 Å². The normalized spacial score (nSPS) is 22.7. The van der Waals surface area contributed by atoms with E-state index in [0.717, 1.165) is 37.1 Å². The maximum absolute atomic E-state index is 13.9. The van der Waals surface area contributed by atoms with Gasteiger partial charge in [-0.05, 0) is 147 Å². The van der Waals surface area contributed by atoms with Gasteiger partial charge in [-0.1, -0.05) is 85.1 Å². The molecule has 0 saturated carbocycles. The third-order valence-electron chi connectivity index (χ3n) is 19.1. The molecule has 24 nitrogen and oxygen atoms in total. The topological polar surface area (TPSA) is 400 Å². The lowest BCUT2D eigenvalue weighted by atomic mass is 9.69. The summed E-state index contributed by atoms with van der Waals surface area (Å²) in [4.78, 5) is 30.0. The molecular formula is C71H114N6O18S2. The highest BCUT2D eigenvalue weighted by Gasteiger charge is 2.51. The van der Waals surface area contributed by atoms with Crippen molar-refractivity contribution in [2.75, 3.05) is 99.5 Å². The van der Waals surface area contributed by atoms with Crippen molar-refractivity contribution >= 4 is 54.2 Å². The van der Waals surface area contributed by atoms with Gasteiger partial charge in [0.15, 0.2) is 19.7 Å². The highest BCUT2D eigenvalue weighted by atomic mass is 32.2. The Kier molecular flexibility index (Phi) is 33.9. The Bertz CT molecular complexity index is 3100. The molecule has 26 heteroatoms. The highest BCUT2D eigenvalue weighted by Crippen LogP contribution is 2.51. The van der Waals surface area contributed by atoms with Crippen LogP contribution in [0.4, 0.5) is 22.7 Å². The van der Waals surface area contributed by atoms with E-state index < -0.39 is 117 Å². The molecule has 14 atom stereocenters. The number of aliphatic hydroxyl groups excluding tert-OH is 12. The van der Waals surface area contributed by atoms with Gasteiger partial charge in [0.1, 0.15) is 36.6 Å². The summed E-state index contributed by atoms with van der Waals surface area (Å²) in [5, 5.41) is 132. The lowest BCUT2D eigenvalue weighted by Gasteiger charge is -2.39. The largest absolute Gasteiger partial charge is 0.394 e. The summed E-state index contributed by atoms with van der Waals surface area (Å²) >= 11 is 0. The van der Waals surface area contributed by atoms with Gasteiger partial charge >= 0.3 is 0 Å². The number of benzene rings is 4. The molecule has 0 aromatic heterocycles. The summed E-state index contributed by atoms with van der Waals surface area (Å²) in [5.74, 6) is -1.98. The Morgan fingerprint density at radius 2 is 0.856 bits per heavy atom. The van der Waals surface area contributed by atoms with Crippen LogP contribution in [0.5, 0.6) is 0 Å². The summed E-state index contributed by atoms with van der Waals surface area (Å²) < 4.78 is 55.6. The van der Waals surface area contributed by atoms with Crippen LogP contribution >= 0.6 is 0 Å². The first-order valence-electron chi connectivity index (χ1n) is 33.7. The molecule has 4 aromatic carbocycles. The smallest absolute Gasteiger partial charge is 0.224 e. The second-order valence-corrected chi connectivity index (χ2v) is 30.4. The van der Waals surface area contributed by atoms with Gasteiger partial charge in [0.2, 0.25) is 11.8 Å². The van der Waals surface area contributed by atoms with E-state index in [0.29, 0.717) is 98.1 Å². The summed E-state index contributed by atoms with van der Waals surface area (Å²) in [6, 6.07) is 25.1. The first-order chi connectivity index (χ1) is 45.4. The van der Waals surface area contributed by atoms with Crippen molar-refractivity contribution < 1.29 is 87.7 Å². The summed E-state index contributed by atoms with van der Waals surface area (Å²) in [7, 11) is 0.0950. The Hall–Kier alpha value is -5.24. The third kappa shape index (κ3) is 22.4.